The van der Waals surface area contributed by atoms with Crippen molar-refractivity contribution in [3.63, 3.8) is 0 Å². The molecule has 1 heteroatoms. The lowest BCUT2D eigenvalue weighted by atomic mass is 9.52. The molecular weight excluding hydrogens is 124 g/mol. The molecule has 0 aliphatic heterocycles. The van der Waals surface area contributed by atoms with E-state index in [2.05, 4.69) is 6.58 Å². The fourth-order valence-electron chi connectivity index (χ4n) is 2.18. The molecule has 2 bridgehead atoms. The van der Waals surface area contributed by atoms with Crippen LogP contribution in [0, 0.1) is 11.3 Å². The Balaban J connectivity index is 2.34. The lowest BCUT2D eigenvalue weighted by Gasteiger charge is -2.49. The Morgan fingerprint density at radius 1 is 1.70 bits per heavy atom. The highest BCUT2D eigenvalue weighted by Crippen LogP contribution is 2.54. The predicted octanol–water partition coefficient (Wildman–Crippen LogP) is 1.93. The van der Waals surface area contributed by atoms with Gasteiger partial charge in [0.2, 0.25) is 0 Å². The molecular formula is C9H12O. The summed E-state index contributed by atoms with van der Waals surface area (Å²) in [6, 6.07) is 0. The molecule has 0 spiro atoms. The van der Waals surface area contributed by atoms with Gasteiger partial charge in [0.25, 0.3) is 0 Å². The maximum atomic E-state index is 11.3. The zero-order valence-electron chi connectivity index (χ0n) is 6.31. The second kappa shape index (κ2) is 1.52. The smallest absolute Gasteiger partial charge is 0.145 e. The third-order valence-corrected chi connectivity index (χ3v) is 3.14. The van der Waals surface area contributed by atoms with Crippen LogP contribution in [0.5, 0.6) is 0 Å². The third kappa shape index (κ3) is 0.472. The van der Waals surface area contributed by atoms with Gasteiger partial charge in [-0.05, 0) is 26.2 Å². The van der Waals surface area contributed by atoms with Crippen LogP contribution in [0.1, 0.15) is 26.2 Å². The number of ketones is 1. The second-order valence-electron chi connectivity index (χ2n) is 3.74. The highest BCUT2D eigenvalue weighted by Gasteiger charge is 2.53. The number of carbonyl (C=O) groups excluding carboxylic acids is 1. The van der Waals surface area contributed by atoms with Crippen LogP contribution in [-0.2, 0) is 4.79 Å². The van der Waals surface area contributed by atoms with Crippen molar-refractivity contribution in [1.29, 1.82) is 0 Å². The first-order chi connectivity index (χ1) is 4.64. The van der Waals surface area contributed by atoms with Gasteiger partial charge >= 0.3 is 0 Å². The van der Waals surface area contributed by atoms with Gasteiger partial charge in [-0.25, -0.2) is 0 Å². The van der Waals surface area contributed by atoms with Crippen LogP contribution in [0.3, 0.4) is 0 Å². The highest BCUT2D eigenvalue weighted by atomic mass is 16.1. The number of fused-ring (bicyclic) bond motifs is 2. The van der Waals surface area contributed by atoms with E-state index in [-0.39, 0.29) is 5.41 Å². The lowest BCUT2D eigenvalue weighted by molar-refractivity contribution is -0.144. The average molecular weight is 136 g/mol. The Morgan fingerprint density at radius 2 is 2.40 bits per heavy atom. The molecule has 2 atom stereocenters. The summed E-state index contributed by atoms with van der Waals surface area (Å²) in [6.07, 6.45) is 3.21. The molecule has 0 saturated heterocycles. The molecule has 3 aliphatic carbocycles. The molecule has 0 aromatic heterocycles. The van der Waals surface area contributed by atoms with Crippen LogP contribution in [-0.4, -0.2) is 5.78 Å². The van der Waals surface area contributed by atoms with E-state index >= 15 is 0 Å². The van der Waals surface area contributed by atoms with Crippen LogP contribution < -0.4 is 0 Å². The minimum absolute atomic E-state index is 0.0943. The van der Waals surface area contributed by atoms with Gasteiger partial charge in [0.1, 0.15) is 5.78 Å². The molecule has 0 N–H and O–H groups in total. The number of carbonyl (C=O) groups is 1. The zero-order chi connectivity index (χ0) is 7.35. The van der Waals surface area contributed by atoms with Gasteiger partial charge in [0.15, 0.2) is 0 Å². The summed E-state index contributed by atoms with van der Waals surface area (Å²) in [6.45, 7) is 5.97. The van der Waals surface area contributed by atoms with Crippen LogP contribution in [0.25, 0.3) is 0 Å². The van der Waals surface area contributed by atoms with E-state index in [9.17, 15) is 4.79 Å². The van der Waals surface area contributed by atoms with Crippen molar-refractivity contribution in [2.45, 2.75) is 26.2 Å². The fourth-order valence-corrected chi connectivity index (χ4v) is 2.18. The minimum atomic E-state index is -0.0943. The molecule has 10 heavy (non-hydrogen) atoms. The van der Waals surface area contributed by atoms with Crippen molar-refractivity contribution in [3.05, 3.63) is 12.2 Å². The summed E-state index contributed by atoms with van der Waals surface area (Å²) in [5.41, 5.74) is 1.07. The molecule has 3 saturated carbocycles. The van der Waals surface area contributed by atoms with Gasteiger partial charge in [-0.1, -0.05) is 12.2 Å². The van der Waals surface area contributed by atoms with Crippen LogP contribution in [0.15, 0.2) is 12.2 Å². The van der Waals surface area contributed by atoms with Gasteiger partial charge in [0.05, 0.1) is 0 Å². The molecule has 1 nitrogen and oxygen atoms in total. The summed E-state index contributed by atoms with van der Waals surface area (Å²) in [5.74, 6) is 0.847. The molecule has 0 radical (unpaired) electrons. The van der Waals surface area contributed by atoms with Crippen LogP contribution >= 0.6 is 0 Å². The van der Waals surface area contributed by atoms with Crippen molar-refractivity contribution >= 4 is 5.78 Å². The monoisotopic (exact) mass is 136 g/mol. The molecule has 0 aromatic carbocycles. The largest absolute Gasteiger partial charge is 0.298 e. The predicted molar refractivity (Wildman–Crippen MR) is 39.6 cm³/mol. The molecule has 2 unspecified atom stereocenters. The van der Waals surface area contributed by atoms with E-state index in [1.807, 2.05) is 6.92 Å². The molecule has 3 fully saturated rings. The Bertz CT molecular complexity index is 207. The van der Waals surface area contributed by atoms with Gasteiger partial charge in [0, 0.05) is 11.3 Å². The van der Waals surface area contributed by atoms with E-state index in [1.54, 1.807) is 0 Å². The maximum Gasteiger partial charge on any atom is 0.145 e. The standard InChI is InChI=1S/C9H12O/c1-6-3-4-7-5-9(6,2)8(7)10/h7H,1,3-5H2,2H3. The summed E-state index contributed by atoms with van der Waals surface area (Å²) < 4.78 is 0. The number of allylic oxidation sites excluding steroid dienone is 1. The van der Waals surface area contributed by atoms with Gasteiger partial charge < -0.3 is 0 Å². The maximum absolute atomic E-state index is 11.3. The zero-order valence-corrected chi connectivity index (χ0v) is 6.31. The quantitative estimate of drug-likeness (QED) is 0.465. The Hall–Kier alpha value is -0.590. The SMILES string of the molecule is C=C1CCC2CC1(C)C2=O. The van der Waals surface area contributed by atoms with Gasteiger partial charge in [-0.3, -0.25) is 4.79 Å². The normalized spacial score (nSPS) is 45.1. The number of hydrogen-bond acceptors (Lipinski definition) is 1. The topological polar surface area (TPSA) is 17.1 Å². The van der Waals surface area contributed by atoms with Gasteiger partial charge in [-0.15, -0.1) is 0 Å². The molecule has 54 valence electrons. The van der Waals surface area contributed by atoms with E-state index in [0.717, 1.165) is 19.3 Å². The molecule has 0 amide bonds. The number of hydrogen-bond donors (Lipinski definition) is 0. The first-order valence-corrected chi connectivity index (χ1v) is 3.87. The highest BCUT2D eigenvalue weighted by molar-refractivity contribution is 5.96. The Morgan fingerprint density at radius 3 is 2.80 bits per heavy atom. The fraction of sp³-hybridized carbons (Fsp3) is 0.667. The molecule has 0 heterocycles. The second-order valence-corrected chi connectivity index (χ2v) is 3.74. The Labute approximate surface area is 61.1 Å². The van der Waals surface area contributed by atoms with E-state index in [0.29, 0.717) is 11.7 Å². The summed E-state index contributed by atoms with van der Waals surface area (Å²) in [5, 5.41) is 0. The van der Waals surface area contributed by atoms with E-state index in [1.165, 1.54) is 5.57 Å². The number of Topliss-reactive ketones (excluding diaryl/α,β-unsaturated/α-hetero) is 1. The minimum Gasteiger partial charge on any atom is -0.298 e. The molecule has 3 aliphatic rings. The van der Waals surface area contributed by atoms with Gasteiger partial charge in [-0.2, -0.15) is 0 Å². The van der Waals surface area contributed by atoms with Crippen molar-refractivity contribution in [1.82, 2.24) is 0 Å². The first kappa shape index (κ1) is 6.14. The summed E-state index contributed by atoms with van der Waals surface area (Å²) >= 11 is 0. The molecule has 0 aromatic rings. The summed E-state index contributed by atoms with van der Waals surface area (Å²) in [4.78, 5) is 11.3. The average Bonchev–Trinajstić information content (AvgIpc) is 1.93. The van der Waals surface area contributed by atoms with E-state index in [4.69, 9.17) is 0 Å². The third-order valence-electron chi connectivity index (χ3n) is 3.14. The molecule has 3 rings (SSSR count). The Kier molecular flexibility index (Phi) is 0.936. The lowest BCUT2D eigenvalue weighted by Crippen LogP contribution is -2.51. The van der Waals surface area contributed by atoms with Crippen molar-refractivity contribution in [2.75, 3.05) is 0 Å². The summed E-state index contributed by atoms with van der Waals surface area (Å²) in [7, 11) is 0. The van der Waals surface area contributed by atoms with Crippen molar-refractivity contribution in [3.8, 4) is 0 Å². The van der Waals surface area contributed by atoms with E-state index < -0.39 is 0 Å². The first-order valence-electron chi connectivity index (χ1n) is 3.87. The van der Waals surface area contributed by atoms with Crippen LogP contribution in [0.4, 0.5) is 0 Å². The van der Waals surface area contributed by atoms with Crippen molar-refractivity contribution < 1.29 is 4.79 Å². The number of rotatable bonds is 0. The van der Waals surface area contributed by atoms with Crippen LogP contribution in [0.2, 0.25) is 0 Å². The van der Waals surface area contributed by atoms with Crippen molar-refractivity contribution in [2.24, 2.45) is 11.3 Å².